The number of nitrogens with zero attached hydrogens (tertiary/aromatic N) is 6. The lowest BCUT2D eigenvalue weighted by molar-refractivity contribution is -0.129. The van der Waals surface area contributed by atoms with Gasteiger partial charge in [0.2, 0.25) is 5.91 Å². The van der Waals surface area contributed by atoms with Crippen molar-refractivity contribution in [1.82, 2.24) is 24.7 Å². The van der Waals surface area contributed by atoms with Crippen molar-refractivity contribution in [1.29, 1.82) is 10.7 Å². The van der Waals surface area contributed by atoms with E-state index in [9.17, 15) is 14.4 Å². The summed E-state index contributed by atoms with van der Waals surface area (Å²) in [6, 6.07) is 14.8. The number of carbonyl (C=O) groups excluding carboxylic acids is 1. The number of carbonyl (C=O) groups is 1. The maximum Gasteiger partial charge on any atom is 0.236 e. The topological polar surface area (TPSA) is 106 Å². The SMILES string of the molecule is CN(C)C(=O)CN1CCN(c2ccc(-c3cnc(/C=C\C(=N)N4CCCC4c4cccc(F)c4)[nH]3)cc2C#N)CC1. The number of imidazole rings is 1. The second kappa shape index (κ2) is 12.4. The van der Waals surface area contributed by atoms with Gasteiger partial charge in [-0.15, -0.1) is 0 Å². The summed E-state index contributed by atoms with van der Waals surface area (Å²) in [6.45, 7) is 4.18. The lowest BCUT2D eigenvalue weighted by Crippen LogP contribution is -2.49. The number of piperazine rings is 1. The van der Waals surface area contributed by atoms with Gasteiger partial charge in [0.25, 0.3) is 0 Å². The zero-order chi connectivity index (χ0) is 28.9. The van der Waals surface area contributed by atoms with Crippen molar-refractivity contribution in [2.75, 3.05) is 58.3 Å². The largest absolute Gasteiger partial charge is 0.368 e. The van der Waals surface area contributed by atoms with Crippen molar-refractivity contribution in [3.05, 3.63) is 77.5 Å². The molecule has 212 valence electrons. The third-order valence-corrected chi connectivity index (χ3v) is 7.79. The molecule has 10 heteroatoms. The summed E-state index contributed by atoms with van der Waals surface area (Å²) in [5.74, 6) is 0.799. The van der Waals surface area contributed by atoms with Gasteiger partial charge < -0.3 is 19.7 Å². The third-order valence-electron chi connectivity index (χ3n) is 7.79. The summed E-state index contributed by atoms with van der Waals surface area (Å²) in [7, 11) is 3.53. The number of hydrogen-bond acceptors (Lipinski definition) is 6. The Morgan fingerprint density at radius 1 is 1.20 bits per heavy atom. The smallest absolute Gasteiger partial charge is 0.236 e. The highest BCUT2D eigenvalue weighted by atomic mass is 19.1. The Morgan fingerprint density at radius 3 is 2.73 bits per heavy atom. The Balaban J connectivity index is 1.23. The Kier molecular flexibility index (Phi) is 8.45. The van der Waals surface area contributed by atoms with E-state index in [1.807, 2.05) is 29.2 Å². The van der Waals surface area contributed by atoms with E-state index in [2.05, 4.69) is 25.8 Å². The summed E-state index contributed by atoms with van der Waals surface area (Å²) < 4.78 is 13.8. The molecule has 41 heavy (non-hydrogen) atoms. The summed E-state index contributed by atoms with van der Waals surface area (Å²) in [5, 5.41) is 18.5. The second-order valence-corrected chi connectivity index (χ2v) is 10.7. The van der Waals surface area contributed by atoms with Crippen LogP contribution in [0.2, 0.25) is 0 Å². The minimum absolute atomic E-state index is 0.0126. The molecule has 2 aliphatic rings. The van der Waals surface area contributed by atoms with Crippen LogP contribution in [0.1, 0.15) is 35.8 Å². The van der Waals surface area contributed by atoms with Crippen LogP contribution >= 0.6 is 0 Å². The number of amidine groups is 1. The number of likely N-dealkylation sites (N-methyl/N-ethyl adjacent to an activating group) is 1. The molecule has 1 aromatic heterocycles. The first kappa shape index (κ1) is 28.1. The van der Waals surface area contributed by atoms with E-state index < -0.39 is 0 Å². The van der Waals surface area contributed by atoms with Crippen LogP contribution in [0.5, 0.6) is 0 Å². The number of aromatic nitrogens is 2. The first-order valence-corrected chi connectivity index (χ1v) is 13.9. The lowest BCUT2D eigenvalue weighted by atomic mass is 10.0. The zero-order valence-corrected chi connectivity index (χ0v) is 23.5. The first-order chi connectivity index (χ1) is 19.8. The van der Waals surface area contributed by atoms with E-state index in [-0.39, 0.29) is 17.8 Å². The molecule has 3 heterocycles. The molecule has 2 N–H and O–H groups in total. The maximum atomic E-state index is 13.8. The van der Waals surface area contributed by atoms with E-state index in [0.29, 0.717) is 23.8 Å². The highest BCUT2D eigenvalue weighted by Crippen LogP contribution is 2.33. The van der Waals surface area contributed by atoms with E-state index in [0.717, 1.165) is 68.1 Å². The predicted molar refractivity (Wildman–Crippen MR) is 158 cm³/mol. The molecule has 2 saturated heterocycles. The van der Waals surface area contributed by atoms with Crippen LogP contribution in [-0.2, 0) is 4.79 Å². The van der Waals surface area contributed by atoms with Crippen LogP contribution in [-0.4, -0.2) is 89.8 Å². The number of H-pyrrole nitrogens is 1. The number of nitriles is 1. The van der Waals surface area contributed by atoms with Gasteiger partial charge in [-0.25, -0.2) is 9.37 Å². The van der Waals surface area contributed by atoms with Gasteiger partial charge >= 0.3 is 0 Å². The number of anilines is 1. The Labute approximate surface area is 240 Å². The van der Waals surface area contributed by atoms with Gasteiger partial charge in [0.1, 0.15) is 23.5 Å². The molecule has 0 radical (unpaired) electrons. The van der Waals surface area contributed by atoms with E-state index >= 15 is 0 Å². The summed E-state index contributed by atoms with van der Waals surface area (Å²) in [4.78, 5) is 27.7. The molecular formula is C31H35FN8O. The number of likely N-dealkylation sites (tertiary alicyclic amines) is 1. The van der Waals surface area contributed by atoms with Crippen LogP contribution < -0.4 is 4.90 Å². The van der Waals surface area contributed by atoms with Crippen LogP contribution in [0, 0.1) is 22.6 Å². The highest BCUT2D eigenvalue weighted by Gasteiger charge is 2.27. The van der Waals surface area contributed by atoms with Crippen molar-refractivity contribution in [3.8, 4) is 17.3 Å². The Bertz CT molecular complexity index is 1480. The minimum atomic E-state index is -0.261. The van der Waals surface area contributed by atoms with Crippen molar-refractivity contribution in [2.24, 2.45) is 0 Å². The number of benzene rings is 2. The van der Waals surface area contributed by atoms with E-state index in [1.165, 1.54) is 6.07 Å². The average molecular weight is 555 g/mol. The molecular weight excluding hydrogens is 519 g/mol. The molecule has 0 spiro atoms. The number of amides is 1. The molecule has 9 nitrogen and oxygen atoms in total. The van der Waals surface area contributed by atoms with Crippen LogP contribution in [0.15, 0.2) is 54.7 Å². The molecule has 3 aromatic rings. The number of aromatic amines is 1. The van der Waals surface area contributed by atoms with Crippen LogP contribution in [0.25, 0.3) is 17.3 Å². The summed E-state index contributed by atoms with van der Waals surface area (Å²) >= 11 is 0. The fraction of sp³-hybridized carbons (Fsp3) is 0.355. The number of nitrogens with one attached hydrogen (secondary N) is 2. The number of halogens is 1. The Hall–Kier alpha value is -4.49. The van der Waals surface area contributed by atoms with Crippen molar-refractivity contribution in [2.45, 2.75) is 18.9 Å². The number of rotatable bonds is 7. The fourth-order valence-electron chi connectivity index (χ4n) is 5.49. The van der Waals surface area contributed by atoms with Gasteiger partial charge in [-0.3, -0.25) is 15.1 Å². The monoisotopic (exact) mass is 554 g/mol. The lowest BCUT2D eigenvalue weighted by Gasteiger charge is -2.36. The normalized spacial score (nSPS) is 17.7. The zero-order valence-electron chi connectivity index (χ0n) is 23.5. The second-order valence-electron chi connectivity index (χ2n) is 10.7. The van der Waals surface area contributed by atoms with E-state index in [4.69, 9.17) is 5.41 Å². The molecule has 0 bridgehead atoms. The van der Waals surface area contributed by atoms with Crippen molar-refractivity contribution in [3.63, 3.8) is 0 Å². The van der Waals surface area contributed by atoms with Gasteiger partial charge in [-0.05, 0) is 54.8 Å². The van der Waals surface area contributed by atoms with Gasteiger partial charge in [0.05, 0.1) is 35.7 Å². The summed E-state index contributed by atoms with van der Waals surface area (Å²) in [6.07, 6.45) is 7.05. The van der Waals surface area contributed by atoms with E-state index in [1.54, 1.807) is 49.5 Å². The van der Waals surface area contributed by atoms with Crippen LogP contribution in [0.3, 0.4) is 0 Å². The molecule has 2 aliphatic heterocycles. The molecule has 0 aliphatic carbocycles. The maximum absolute atomic E-state index is 13.8. The van der Waals surface area contributed by atoms with Crippen LogP contribution in [0.4, 0.5) is 10.1 Å². The first-order valence-electron chi connectivity index (χ1n) is 13.9. The van der Waals surface area contributed by atoms with Gasteiger partial charge in [-0.1, -0.05) is 18.2 Å². The summed E-state index contributed by atoms with van der Waals surface area (Å²) in [5.41, 5.74) is 4.00. The number of hydrogen-bond donors (Lipinski definition) is 2. The minimum Gasteiger partial charge on any atom is -0.368 e. The molecule has 2 fully saturated rings. The molecule has 1 amide bonds. The fourth-order valence-corrected chi connectivity index (χ4v) is 5.49. The quantitative estimate of drug-likeness (QED) is 0.336. The van der Waals surface area contributed by atoms with Gasteiger partial charge in [0, 0.05) is 52.4 Å². The molecule has 0 saturated carbocycles. The predicted octanol–water partition coefficient (Wildman–Crippen LogP) is 4.13. The van der Waals surface area contributed by atoms with Gasteiger partial charge in [0.15, 0.2) is 0 Å². The third kappa shape index (κ3) is 6.47. The molecule has 5 rings (SSSR count). The molecule has 1 atom stereocenters. The highest BCUT2D eigenvalue weighted by molar-refractivity contribution is 5.94. The van der Waals surface area contributed by atoms with Crippen molar-refractivity contribution < 1.29 is 9.18 Å². The Morgan fingerprint density at radius 2 is 2.00 bits per heavy atom. The molecule has 1 unspecified atom stereocenters. The average Bonchev–Trinajstić information content (AvgIpc) is 3.66. The van der Waals surface area contributed by atoms with Crippen molar-refractivity contribution >= 4 is 23.5 Å². The van der Waals surface area contributed by atoms with Gasteiger partial charge in [-0.2, -0.15) is 5.26 Å². The standard InChI is InChI=1S/C31H35FN8O/c1-37(2)31(41)21-38-13-15-39(16-14-38)27-9-8-22(17-24(27)19-33)26-20-35-30(36-26)11-10-29(34)40-12-4-7-28(40)23-5-3-6-25(32)18-23/h3,5-6,8-11,17-18,20,28,34H,4,7,12-16,21H2,1-2H3,(H,35,36)/b11-10-,34-29?. The molecule has 2 aromatic carbocycles.